The third-order valence-corrected chi connectivity index (χ3v) is 5.38. The number of anilines is 1. The van der Waals surface area contributed by atoms with Gasteiger partial charge in [-0.05, 0) is 62.3 Å². The van der Waals surface area contributed by atoms with Gasteiger partial charge in [0.1, 0.15) is 5.82 Å². The van der Waals surface area contributed by atoms with Crippen molar-refractivity contribution in [2.45, 2.75) is 63.8 Å². The molecule has 0 amide bonds. The molecule has 0 aromatic carbocycles. The summed E-state index contributed by atoms with van der Waals surface area (Å²) in [5.74, 6) is 1.43. The first kappa shape index (κ1) is 19.6. The number of hydrogen-bond acceptors (Lipinski definition) is 4. The van der Waals surface area contributed by atoms with E-state index in [1.807, 2.05) is 24.4 Å². The van der Waals surface area contributed by atoms with E-state index in [-0.39, 0.29) is 5.56 Å². The molecule has 4 rings (SSSR count). The van der Waals surface area contributed by atoms with Crippen LogP contribution in [0.4, 0.5) is 5.82 Å². The van der Waals surface area contributed by atoms with E-state index in [1.54, 1.807) is 6.20 Å². The van der Waals surface area contributed by atoms with Crippen LogP contribution in [0.25, 0.3) is 0 Å². The van der Waals surface area contributed by atoms with Crippen LogP contribution in [0.2, 0.25) is 0 Å². The molecule has 2 aromatic rings. The van der Waals surface area contributed by atoms with E-state index >= 15 is 0 Å². The Kier molecular flexibility index (Phi) is 7.45. The van der Waals surface area contributed by atoms with Crippen LogP contribution in [0.1, 0.15) is 62.0 Å². The third kappa shape index (κ3) is 6.21. The zero-order chi connectivity index (χ0) is 18.9. The molecule has 0 unspecified atom stereocenters. The highest BCUT2D eigenvalue weighted by atomic mass is 16.5. The highest BCUT2D eigenvalue weighted by Gasteiger charge is 2.17. The maximum atomic E-state index is 11.4. The highest BCUT2D eigenvalue weighted by molar-refractivity contribution is 5.38. The van der Waals surface area contributed by atoms with Crippen LogP contribution in [0.5, 0.6) is 0 Å². The van der Waals surface area contributed by atoms with E-state index in [4.69, 9.17) is 4.74 Å². The van der Waals surface area contributed by atoms with Crippen molar-refractivity contribution in [1.82, 2.24) is 9.97 Å². The predicted molar refractivity (Wildman–Crippen MR) is 109 cm³/mol. The van der Waals surface area contributed by atoms with Crippen molar-refractivity contribution in [3.63, 3.8) is 0 Å². The van der Waals surface area contributed by atoms with E-state index in [0.29, 0.717) is 12.0 Å². The molecule has 0 atom stereocenters. The van der Waals surface area contributed by atoms with Gasteiger partial charge in [0.15, 0.2) is 0 Å². The van der Waals surface area contributed by atoms with Crippen LogP contribution in [-0.2, 0) is 4.74 Å². The smallest absolute Gasteiger partial charge is 0.251 e. The number of aromatic nitrogens is 2. The van der Waals surface area contributed by atoms with Crippen molar-refractivity contribution in [3.8, 4) is 0 Å². The molecule has 2 aromatic heterocycles. The van der Waals surface area contributed by atoms with Crippen LogP contribution in [0.15, 0.2) is 41.5 Å². The van der Waals surface area contributed by atoms with Crippen LogP contribution >= 0.6 is 0 Å². The van der Waals surface area contributed by atoms with Gasteiger partial charge in [0.25, 0.3) is 5.56 Å². The summed E-state index contributed by atoms with van der Waals surface area (Å²) < 4.78 is 5.25. The summed E-state index contributed by atoms with van der Waals surface area (Å²) in [6, 6.07) is 8.60. The molecular formula is C22H31N3O2. The topological polar surface area (TPSA) is 67.0 Å². The zero-order valence-corrected chi connectivity index (χ0v) is 16.2. The number of aromatic amines is 1. The minimum atomic E-state index is 0.0504. The van der Waals surface area contributed by atoms with Gasteiger partial charge in [-0.1, -0.05) is 25.3 Å². The van der Waals surface area contributed by atoms with E-state index < -0.39 is 0 Å². The lowest BCUT2D eigenvalue weighted by Crippen LogP contribution is -2.22. The maximum absolute atomic E-state index is 11.4. The van der Waals surface area contributed by atoms with Crippen LogP contribution < -0.4 is 10.9 Å². The van der Waals surface area contributed by atoms with Gasteiger partial charge in [0.2, 0.25) is 0 Å². The predicted octanol–water partition coefficient (Wildman–Crippen LogP) is 4.40. The summed E-state index contributed by atoms with van der Waals surface area (Å²) in [4.78, 5) is 18.4. The van der Waals surface area contributed by atoms with Crippen molar-refractivity contribution in [1.29, 1.82) is 0 Å². The van der Waals surface area contributed by atoms with Gasteiger partial charge >= 0.3 is 0 Å². The number of nitrogens with one attached hydrogen (secondary N) is 2. The van der Waals surface area contributed by atoms with Crippen molar-refractivity contribution in [3.05, 3.63) is 58.1 Å². The summed E-state index contributed by atoms with van der Waals surface area (Å²) in [6.07, 6.45) is 12.2. The second-order valence-electron chi connectivity index (χ2n) is 7.54. The quantitative estimate of drug-likeness (QED) is 0.841. The lowest BCUT2D eigenvalue weighted by atomic mass is 9.93. The summed E-state index contributed by atoms with van der Waals surface area (Å²) in [5, 5.41) is 3.51. The molecule has 2 N–H and O–H groups in total. The zero-order valence-electron chi connectivity index (χ0n) is 16.2. The fourth-order valence-electron chi connectivity index (χ4n) is 3.84. The molecule has 0 radical (unpaired) electrons. The van der Waals surface area contributed by atoms with Gasteiger partial charge in [-0.15, -0.1) is 0 Å². The average molecular weight is 370 g/mol. The van der Waals surface area contributed by atoms with Crippen molar-refractivity contribution >= 4 is 5.82 Å². The molecule has 0 spiro atoms. The Hall–Kier alpha value is -2.14. The highest BCUT2D eigenvalue weighted by Crippen LogP contribution is 2.23. The van der Waals surface area contributed by atoms with Gasteiger partial charge in [-0.3, -0.25) is 4.79 Å². The van der Waals surface area contributed by atoms with Gasteiger partial charge in [-0.2, -0.15) is 0 Å². The number of rotatable bonds is 3. The van der Waals surface area contributed by atoms with Gasteiger partial charge in [-0.25, -0.2) is 4.98 Å². The first-order chi connectivity index (χ1) is 13.2. The molecule has 5 heteroatoms. The molecule has 0 bridgehead atoms. The minimum Gasteiger partial charge on any atom is -0.381 e. The second-order valence-corrected chi connectivity index (χ2v) is 7.54. The Morgan fingerprint density at radius 3 is 2.59 bits per heavy atom. The van der Waals surface area contributed by atoms with Crippen molar-refractivity contribution in [2.24, 2.45) is 0 Å². The van der Waals surface area contributed by atoms with Crippen LogP contribution in [0, 0.1) is 6.92 Å². The Morgan fingerprint density at radius 2 is 1.89 bits per heavy atom. The molecule has 1 saturated carbocycles. The monoisotopic (exact) mass is 369 g/mol. The normalized spacial score (nSPS) is 18.4. The number of nitrogens with zero attached hydrogens (tertiary/aromatic N) is 1. The van der Waals surface area contributed by atoms with E-state index in [0.717, 1.165) is 37.4 Å². The SMILES string of the molecule is Cc1ccnc(NC2CCCCC2)c1.O=c1[nH]cccc1C1CCOCC1. The Bertz CT molecular complexity index is 747. The van der Waals surface area contributed by atoms with Gasteiger partial charge in [0.05, 0.1) is 0 Å². The molecular weight excluding hydrogens is 338 g/mol. The maximum Gasteiger partial charge on any atom is 0.251 e. The Labute approximate surface area is 161 Å². The molecule has 1 aliphatic heterocycles. The van der Waals surface area contributed by atoms with Gasteiger partial charge in [0, 0.05) is 37.2 Å². The Morgan fingerprint density at radius 1 is 1.11 bits per heavy atom. The average Bonchev–Trinajstić information content (AvgIpc) is 2.70. The first-order valence-corrected chi connectivity index (χ1v) is 10.2. The summed E-state index contributed by atoms with van der Waals surface area (Å²) >= 11 is 0. The molecule has 2 fully saturated rings. The van der Waals surface area contributed by atoms with Crippen molar-refractivity contribution in [2.75, 3.05) is 18.5 Å². The molecule has 1 saturated heterocycles. The largest absolute Gasteiger partial charge is 0.381 e. The van der Waals surface area contributed by atoms with Gasteiger partial charge < -0.3 is 15.0 Å². The van der Waals surface area contributed by atoms with Crippen LogP contribution in [0.3, 0.4) is 0 Å². The molecule has 3 heterocycles. The van der Waals surface area contributed by atoms with E-state index in [9.17, 15) is 4.79 Å². The number of ether oxygens (including phenoxy) is 1. The molecule has 27 heavy (non-hydrogen) atoms. The number of pyridine rings is 2. The lowest BCUT2D eigenvalue weighted by molar-refractivity contribution is 0.0850. The third-order valence-electron chi connectivity index (χ3n) is 5.38. The molecule has 1 aliphatic carbocycles. The van der Waals surface area contributed by atoms with E-state index in [2.05, 4.69) is 28.3 Å². The molecule has 2 aliphatic rings. The lowest BCUT2D eigenvalue weighted by Gasteiger charge is -2.23. The number of aryl methyl sites for hydroxylation is 1. The number of hydrogen-bond donors (Lipinski definition) is 2. The summed E-state index contributed by atoms with van der Waals surface area (Å²) in [5.41, 5.74) is 2.23. The fourth-order valence-corrected chi connectivity index (χ4v) is 3.84. The summed E-state index contributed by atoms with van der Waals surface area (Å²) in [7, 11) is 0. The second kappa shape index (κ2) is 10.3. The minimum absolute atomic E-state index is 0.0504. The van der Waals surface area contributed by atoms with Crippen molar-refractivity contribution < 1.29 is 4.74 Å². The Balaban J connectivity index is 0.000000156. The number of H-pyrrole nitrogens is 1. The fraction of sp³-hybridized carbons (Fsp3) is 0.545. The molecule has 5 nitrogen and oxygen atoms in total. The van der Waals surface area contributed by atoms with E-state index in [1.165, 1.54) is 37.7 Å². The molecule has 146 valence electrons. The summed E-state index contributed by atoms with van der Waals surface area (Å²) in [6.45, 7) is 3.66. The standard InChI is InChI=1S/C12H18N2.C10H13NO2/c1-10-7-8-13-12(9-10)14-11-5-3-2-4-6-11;12-10-9(2-1-5-11-10)8-3-6-13-7-4-8/h7-9,11H,2-6H2,1H3,(H,13,14);1-2,5,8H,3-4,6-7H2,(H,11,12). The van der Waals surface area contributed by atoms with Crippen LogP contribution in [-0.4, -0.2) is 29.2 Å². The first-order valence-electron chi connectivity index (χ1n) is 10.2.